The monoisotopic (exact) mass is 280 g/mol. The number of hydrogen-bond acceptors (Lipinski definition) is 3. The summed E-state index contributed by atoms with van der Waals surface area (Å²) < 4.78 is 5.45. The fourth-order valence-corrected chi connectivity index (χ4v) is 1.82. The zero-order valence-corrected chi connectivity index (χ0v) is 11.0. The van der Waals surface area contributed by atoms with Gasteiger partial charge in [-0.05, 0) is 31.2 Å². The summed E-state index contributed by atoms with van der Waals surface area (Å²) in [6.45, 7) is 1.67. The van der Waals surface area contributed by atoms with E-state index in [1.807, 2.05) is 0 Å². The SMILES string of the molecule is C[C@@H](NC(=O)C1=Cc2cc(Cl)ccc2OC1)C(N)=O. The molecule has 1 aliphatic heterocycles. The Hall–Kier alpha value is -2.01. The molecule has 6 heteroatoms. The highest BCUT2D eigenvalue weighted by Crippen LogP contribution is 2.28. The maximum Gasteiger partial charge on any atom is 0.251 e. The summed E-state index contributed by atoms with van der Waals surface area (Å²) in [4.78, 5) is 22.8. The van der Waals surface area contributed by atoms with Crippen molar-refractivity contribution in [1.82, 2.24) is 5.32 Å². The molecule has 0 radical (unpaired) electrons. The minimum atomic E-state index is -0.728. The highest BCUT2D eigenvalue weighted by molar-refractivity contribution is 6.30. The Morgan fingerprint density at radius 3 is 2.89 bits per heavy atom. The predicted molar refractivity (Wildman–Crippen MR) is 71.7 cm³/mol. The summed E-state index contributed by atoms with van der Waals surface area (Å²) in [5.74, 6) is -0.296. The number of hydrogen-bond donors (Lipinski definition) is 2. The van der Waals surface area contributed by atoms with Gasteiger partial charge in [0.25, 0.3) is 5.91 Å². The van der Waals surface area contributed by atoms with E-state index in [1.165, 1.54) is 6.92 Å². The molecule has 19 heavy (non-hydrogen) atoms. The number of amides is 2. The van der Waals surface area contributed by atoms with Crippen LogP contribution in [0.5, 0.6) is 5.75 Å². The molecule has 0 fully saturated rings. The van der Waals surface area contributed by atoms with E-state index in [2.05, 4.69) is 5.32 Å². The van der Waals surface area contributed by atoms with Gasteiger partial charge in [-0.3, -0.25) is 9.59 Å². The zero-order chi connectivity index (χ0) is 14.0. The Labute approximate surface area is 115 Å². The van der Waals surface area contributed by atoms with Crippen molar-refractivity contribution < 1.29 is 14.3 Å². The molecule has 0 saturated carbocycles. The Kier molecular flexibility index (Phi) is 3.76. The summed E-state index contributed by atoms with van der Waals surface area (Å²) in [5.41, 5.74) is 6.24. The lowest BCUT2D eigenvalue weighted by Crippen LogP contribution is -2.43. The van der Waals surface area contributed by atoms with E-state index in [0.717, 1.165) is 5.56 Å². The molecule has 2 rings (SSSR count). The molecule has 100 valence electrons. The molecule has 1 aromatic carbocycles. The number of nitrogens with two attached hydrogens (primary N) is 1. The van der Waals surface area contributed by atoms with Crippen LogP contribution in [0.2, 0.25) is 5.02 Å². The summed E-state index contributed by atoms with van der Waals surface area (Å²) in [6, 6.07) is 4.44. The minimum absolute atomic E-state index is 0.145. The van der Waals surface area contributed by atoms with Gasteiger partial charge in [0.15, 0.2) is 0 Å². The van der Waals surface area contributed by atoms with Gasteiger partial charge >= 0.3 is 0 Å². The van der Waals surface area contributed by atoms with Crippen LogP contribution in [-0.4, -0.2) is 24.5 Å². The fourth-order valence-electron chi connectivity index (χ4n) is 1.64. The summed E-state index contributed by atoms with van der Waals surface area (Å²) in [5, 5.41) is 3.06. The second-order valence-electron chi connectivity index (χ2n) is 4.24. The normalized spacial score (nSPS) is 14.7. The van der Waals surface area contributed by atoms with Gasteiger partial charge in [-0.15, -0.1) is 0 Å². The molecule has 0 saturated heterocycles. The number of carbonyl (C=O) groups is 2. The van der Waals surface area contributed by atoms with Crippen LogP contribution in [0, 0.1) is 0 Å². The van der Waals surface area contributed by atoms with Crippen LogP contribution in [0.4, 0.5) is 0 Å². The molecule has 3 N–H and O–H groups in total. The van der Waals surface area contributed by atoms with Crippen molar-refractivity contribution in [2.24, 2.45) is 5.73 Å². The van der Waals surface area contributed by atoms with E-state index in [9.17, 15) is 9.59 Å². The van der Waals surface area contributed by atoms with Crippen molar-refractivity contribution >= 4 is 29.5 Å². The molecule has 0 aromatic heterocycles. The van der Waals surface area contributed by atoms with Crippen molar-refractivity contribution in [3.05, 3.63) is 34.4 Å². The van der Waals surface area contributed by atoms with Crippen molar-refractivity contribution in [1.29, 1.82) is 0 Å². The van der Waals surface area contributed by atoms with Crippen molar-refractivity contribution in [2.75, 3.05) is 6.61 Å². The van der Waals surface area contributed by atoms with E-state index in [0.29, 0.717) is 16.3 Å². The highest BCUT2D eigenvalue weighted by atomic mass is 35.5. The first-order valence-corrected chi connectivity index (χ1v) is 6.08. The van der Waals surface area contributed by atoms with E-state index in [-0.39, 0.29) is 12.5 Å². The van der Waals surface area contributed by atoms with Crippen LogP contribution < -0.4 is 15.8 Å². The Morgan fingerprint density at radius 1 is 1.47 bits per heavy atom. The Morgan fingerprint density at radius 2 is 2.21 bits per heavy atom. The first-order chi connectivity index (χ1) is 8.97. The second kappa shape index (κ2) is 5.32. The molecule has 1 aromatic rings. The summed E-state index contributed by atoms with van der Waals surface area (Å²) >= 11 is 5.88. The minimum Gasteiger partial charge on any atom is -0.488 e. The standard InChI is InChI=1S/C13H13ClN2O3/c1-7(12(15)17)16-13(18)9-4-8-5-10(14)2-3-11(8)19-6-9/h2-5,7H,6H2,1H3,(H2,15,17)(H,16,18)/t7-/m1/s1. The van der Waals surface area contributed by atoms with E-state index >= 15 is 0 Å². The largest absolute Gasteiger partial charge is 0.488 e. The first-order valence-electron chi connectivity index (χ1n) is 5.70. The molecule has 1 heterocycles. The molecule has 1 atom stereocenters. The third-order valence-corrected chi connectivity index (χ3v) is 2.99. The lowest BCUT2D eigenvalue weighted by molar-refractivity contribution is -0.125. The maximum absolute atomic E-state index is 11.9. The van der Waals surface area contributed by atoms with E-state index < -0.39 is 11.9 Å². The predicted octanol–water partition coefficient (Wildman–Crippen LogP) is 1.11. The number of fused-ring (bicyclic) bond motifs is 1. The van der Waals surface area contributed by atoms with Crippen LogP contribution in [0.1, 0.15) is 12.5 Å². The number of benzene rings is 1. The quantitative estimate of drug-likeness (QED) is 0.870. The van der Waals surface area contributed by atoms with E-state index in [1.54, 1.807) is 24.3 Å². The third-order valence-electron chi connectivity index (χ3n) is 2.75. The van der Waals surface area contributed by atoms with Gasteiger partial charge in [-0.1, -0.05) is 11.6 Å². The smallest absolute Gasteiger partial charge is 0.251 e. The van der Waals surface area contributed by atoms with E-state index in [4.69, 9.17) is 22.1 Å². The number of carbonyl (C=O) groups excluding carboxylic acids is 2. The lowest BCUT2D eigenvalue weighted by Gasteiger charge is -2.19. The van der Waals surface area contributed by atoms with Gasteiger partial charge in [-0.25, -0.2) is 0 Å². The molecule has 5 nitrogen and oxygen atoms in total. The number of halogens is 1. The number of ether oxygens (including phenoxy) is 1. The van der Waals surface area contributed by atoms with Crippen molar-refractivity contribution in [2.45, 2.75) is 13.0 Å². The van der Waals surface area contributed by atoms with Crippen LogP contribution in [-0.2, 0) is 9.59 Å². The van der Waals surface area contributed by atoms with Crippen molar-refractivity contribution in [3.63, 3.8) is 0 Å². The highest BCUT2D eigenvalue weighted by Gasteiger charge is 2.20. The molecule has 0 spiro atoms. The summed E-state index contributed by atoms with van der Waals surface area (Å²) in [6.07, 6.45) is 1.69. The average Bonchev–Trinajstić information content (AvgIpc) is 2.37. The maximum atomic E-state index is 11.9. The van der Waals surface area contributed by atoms with Crippen molar-refractivity contribution in [3.8, 4) is 5.75 Å². The average molecular weight is 281 g/mol. The van der Waals surface area contributed by atoms with Crippen LogP contribution in [0.25, 0.3) is 6.08 Å². The first kappa shape index (κ1) is 13.4. The third kappa shape index (κ3) is 3.06. The van der Waals surface area contributed by atoms with Crippen LogP contribution in [0.3, 0.4) is 0 Å². The second-order valence-corrected chi connectivity index (χ2v) is 4.67. The van der Waals surface area contributed by atoms with Crippen LogP contribution in [0.15, 0.2) is 23.8 Å². The molecular weight excluding hydrogens is 268 g/mol. The van der Waals surface area contributed by atoms with Gasteiger partial charge in [0.2, 0.25) is 5.91 Å². The molecular formula is C13H13ClN2O3. The van der Waals surface area contributed by atoms with Crippen LogP contribution >= 0.6 is 11.6 Å². The molecule has 0 aliphatic carbocycles. The van der Waals surface area contributed by atoms with Gasteiger partial charge in [-0.2, -0.15) is 0 Å². The summed E-state index contributed by atoms with van der Waals surface area (Å²) in [7, 11) is 0. The molecule has 1 aliphatic rings. The van der Waals surface area contributed by atoms with Gasteiger partial charge in [0, 0.05) is 10.6 Å². The fraction of sp³-hybridized carbons (Fsp3) is 0.231. The number of nitrogens with one attached hydrogen (secondary N) is 1. The topological polar surface area (TPSA) is 81.4 Å². The molecule has 2 amide bonds. The Balaban J connectivity index is 2.18. The van der Waals surface area contributed by atoms with Gasteiger partial charge < -0.3 is 15.8 Å². The van der Waals surface area contributed by atoms with Gasteiger partial charge in [0.1, 0.15) is 18.4 Å². The molecule has 0 bridgehead atoms. The molecule has 0 unspecified atom stereocenters. The zero-order valence-electron chi connectivity index (χ0n) is 10.3. The van der Waals surface area contributed by atoms with Gasteiger partial charge in [0.05, 0.1) is 5.57 Å². The lowest BCUT2D eigenvalue weighted by atomic mass is 10.1. The Bertz CT molecular complexity index is 569. The number of rotatable bonds is 3. The number of primary amides is 1.